The lowest BCUT2D eigenvalue weighted by molar-refractivity contribution is -0.128. The summed E-state index contributed by atoms with van der Waals surface area (Å²) in [5.74, 6) is -0.326. The van der Waals surface area contributed by atoms with Gasteiger partial charge in [0, 0.05) is 51.9 Å². The first-order valence-electron chi connectivity index (χ1n) is 8.57. The fourth-order valence-electron chi connectivity index (χ4n) is 3.10. The monoisotopic (exact) mass is 335 g/mol. The molecule has 2 fully saturated rings. The van der Waals surface area contributed by atoms with Crippen molar-refractivity contribution in [3.8, 4) is 0 Å². The minimum Gasteiger partial charge on any atom is -0.379 e. The Morgan fingerprint density at radius 1 is 1.38 bits per heavy atom. The summed E-state index contributed by atoms with van der Waals surface area (Å²) in [6, 6.07) is 0. The minimum absolute atomic E-state index is 0.0627. The topological polar surface area (TPSA) is 79.7 Å². The molecule has 1 aromatic rings. The fourth-order valence-corrected chi connectivity index (χ4v) is 3.10. The summed E-state index contributed by atoms with van der Waals surface area (Å²) < 4.78 is 7.08. The first kappa shape index (κ1) is 16.9. The average Bonchev–Trinajstić information content (AvgIpc) is 3.20. The second kappa shape index (κ2) is 7.76. The number of anilines is 1. The molecule has 2 aliphatic heterocycles. The number of hydrogen-bond donors (Lipinski definition) is 1. The average molecular weight is 335 g/mol. The molecular formula is C16H25N5O3. The van der Waals surface area contributed by atoms with Crippen LogP contribution in [-0.4, -0.2) is 77.3 Å². The van der Waals surface area contributed by atoms with Crippen LogP contribution in [0.4, 0.5) is 5.69 Å². The number of amides is 2. The molecule has 3 heterocycles. The predicted molar refractivity (Wildman–Crippen MR) is 88.5 cm³/mol. The van der Waals surface area contributed by atoms with E-state index in [0.717, 1.165) is 39.4 Å². The van der Waals surface area contributed by atoms with Crippen molar-refractivity contribution in [2.75, 3.05) is 51.3 Å². The lowest BCUT2D eigenvalue weighted by atomic mass is 10.1. The number of rotatable bonds is 6. The summed E-state index contributed by atoms with van der Waals surface area (Å²) >= 11 is 0. The third-order valence-electron chi connectivity index (χ3n) is 4.60. The number of aromatic nitrogens is 2. The lowest BCUT2D eigenvalue weighted by Crippen LogP contribution is -2.42. The molecule has 0 aliphatic carbocycles. The smallest absolute Gasteiger partial charge is 0.229 e. The van der Waals surface area contributed by atoms with Gasteiger partial charge in [0.25, 0.3) is 0 Å². The van der Waals surface area contributed by atoms with Gasteiger partial charge in [-0.3, -0.25) is 19.2 Å². The van der Waals surface area contributed by atoms with Gasteiger partial charge in [-0.25, -0.2) is 0 Å². The van der Waals surface area contributed by atoms with Gasteiger partial charge in [-0.15, -0.1) is 0 Å². The zero-order valence-corrected chi connectivity index (χ0v) is 14.1. The lowest BCUT2D eigenvalue weighted by Gasteiger charge is -2.28. The highest BCUT2D eigenvalue weighted by Gasteiger charge is 2.34. The van der Waals surface area contributed by atoms with Gasteiger partial charge in [0.1, 0.15) is 0 Å². The Balaban J connectivity index is 1.47. The van der Waals surface area contributed by atoms with Gasteiger partial charge < -0.3 is 15.0 Å². The van der Waals surface area contributed by atoms with E-state index in [9.17, 15) is 9.59 Å². The molecule has 8 heteroatoms. The molecule has 132 valence electrons. The largest absolute Gasteiger partial charge is 0.379 e. The molecule has 2 saturated heterocycles. The molecule has 24 heavy (non-hydrogen) atoms. The summed E-state index contributed by atoms with van der Waals surface area (Å²) in [6.07, 6.45) is 3.72. The molecule has 1 atom stereocenters. The maximum absolute atomic E-state index is 12.4. The Hall–Kier alpha value is -1.93. The minimum atomic E-state index is -0.285. The van der Waals surface area contributed by atoms with Gasteiger partial charge in [-0.1, -0.05) is 0 Å². The normalized spacial score (nSPS) is 22.1. The Bertz CT molecular complexity index is 582. The Morgan fingerprint density at radius 3 is 2.88 bits per heavy atom. The number of likely N-dealkylation sites (tertiary alicyclic amines) is 1. The van der Waals surface area contributed by atoms with Crippen molar-refractivity contribution in [3.63, 3.8) is 0 Å². The zero-order valence-electron chi connectivity index (χ0n) is 14.1. The van der Waals surface area contributed by atoms with E-state index in [4.69, 9.17) is 4.74 Å². The van der Waals surface area contributed by atoms with Crippen molar-refractivity contribution < 1.29 is 14.3 Å². The molecule has 0 aromatic carbocycles. The number of carbonyl (C=O) groups is 2. The third kappa shape index (κ3) is 4.12. The molecule has 1 aromatic heterocycles. The number of hydrogen-bond acceptors (Lipinski definition) is 5. The summed E-state index contributed by atoms with van der Waals surface area (Å²) in [5, 5.41) is 6.99. The standard InChI is InChI=1S/C16H25N5O3/c1-2-21-12-14(10-17-21)18-16(23)13-9-15(22)20(11-13)4-3-19-5-7-24-8-6-19/h10,12-13H,2-9,11H2,1H3,(H,18,23). The second-order valence-corrected chi connectivity index (χ2v) is 6.27. The number of ether oxygens (including phenoxy) is 1. The maximum atomic E-state index is 12.4. The Morgan fingerprint density at radius 2 is 2.17 bits per heavy atom. The first-order chi connectivity index (χ1) is 11.7. The summed E-state index contributed by atoms with van der Waals surface area (Å²) in [5.41, 5.74) is 0.682. The predicted octanol–water partition coefficient (Wildman–Crippen LogP) is 0.0222. The van der Waals surface area contributed by atoms with Crippen molar-refractivity contribution in [1.82, 2.24) is 19.6 Å². The summed E-state index contributed by atoms with van der Waals surface area (Å²) in [6.45, 7) is 8.09. The number of aryl methyl sites for hydroxylation is 1. The highest BCUT2D eigenvalue weighted by atomic mass is 16.5. The zero-order chi connectivity index (χ0) is 16.9. The van der Waals surface area contributed by atoms with Crippen LogP contribution in [0.5, 0.6) is 0 Å². The van der Waals surface area contributed by atoms with E-state index in [0.29, 0.717) is 18.8 Å². The van der Waals surface area contributed by atoms with E-state index < -0.39 is 0 Å². The van der Waals surface area contributed by atoms with Crippen molar-refractivity contribution in [3.05, 3.63) is 12.4 Å². The molecule has 8 nitrogen and oxygen atoms in total. The Labute approximate surface area is 141 Å². The van der Waals surface area contributed by atoms with Crippen LogP contribution in [0.2, 0.25) is 0 Å². The molecule has 2 amide bonds. The SMILES string of the molecule is CCn1cc(NC(=O)C2CC(=O)N(CCN3CCOCC3)C2)cn1. The maximum Gasteiger partial charge on any atom is 0.229 e. The molecule has 3 rings (SSSR count). The van der Waals surface area contributed by atoms with Crippen LogP contribution in [-0.2, 0) is 20.9 Å². The van der Waals surface area contributed by atoms with Crippen LogP contribution in [0.15, 0.2) is 12.4 Å². The fraction of sp³-hybridized carbons (Fsp3) is 0.688. The van der Waals surface area contributed by atoms with Crippen LogP contribution in [0.25, 0.3) is 0 Å². The number of nitrogens with one attached hydrogen (secondary N) is 1. The summed E-state index contributed by atoms with van der Waals surface area (Å²) in [7, 11) is 0. The summed E-state index contributed by atoms with van der Waals surface area (Å²) in [4.78, 5) is 28.6. The van der Waals surface area contributed by atoms with Crippen LogP contribution < -0.4 is 5.32 Å². The third-order valence-corrected chi connectivity index (χ3v) is 4.60. The molecule has 0 saturated carbocycles. The molecule has 1 N–H and O–H groups in total. The van der Waals surface area contributed by atoms with Gasteiger partial charge in [-0.2, -0.15) is 5.10 Å². The van der Waals surface area contributed by atoms with Gasteiger partial charge in [-0.05, 0) is 6.92 Å². The van der Waals surface area contributed by atoms with Crippen LogP contribution in [0, 0.1) is 5.92 Å². The van der Waals surface area contributed by atoms with Crippen LogP contribution >= 0.6 is 0 Å². The molecule has 0 bridgehead atoms. The van der Waals surface area contributed by atoms with E-state index in [2.05, 4.69) is 15.3 Å². The molecule has 0 spiro atoms. The highest BCUT2D eigenvalue weighted by Crippen LogP contribution is 2.20. The first-order valence-corrected chi connectivity index (χ1v) is 8.57. The van der Waals surface area contributed by atoms with Crippen LogP contribution in [0.1, 0.15) is 13.3 Å². The highest BCUT2D eigenvalue weighted by molar-refractivity contribution is 5.97. The van der Waals surface area contributed by atoms with E-state index in [1.807, 2.05) is 6.92 Å². The van der Waals surface area contributed by atoms with Crippen molar-refractivity contribution in [2.24, 2.45) is 5.92 Å². The van der Waals surface area contributed by atoms with E-state index in [1.54, 1.807) is 22.0 Å². The number of carbonyl (C=O) groups excluding carboxylic acids is 2. The van der Waals surface area contributed by atoms with Crippen molar-refractivity contribution in [1.29, 1.82) is 0 Å². The quantitative estimate of drug-likeness (QED) is 0.793. The van der Waals surface area contributed by atoms with E-state index >= 15 is 0 Å². The van der Waals surface area contributed by atoms with Gasteiger partial charge in [0.05, 0.1) is 31.0 Å². The van der Waals surface area contributed by atoms with Gasteiger partial charge in [0.15, 0.2) is 0 Å². The number of morpholine rings is 1. The molecule has 0 radical (unpaired) electrons. The Kier molecular flexibility index (Phi) is 5.47. The molecular weight excluding hydrogens is 310 g/mol. The van der Waals surface area contributed by atoms with E-state index in [-0.39, 0.29) is 24.2 Å². The molecule has 2 aliphatic rings. The number of nitrogens with zero attached hydrogens (tertiary/aromatic N) is 4. The second-order valence-electron chi connectivity index (χ2n) is 6.27. The van der Waals surface area contributed by atoms with Crippen molar-refractivity contribution in [2.45, 2.75) is 19.9 Å². The van der Waals surface area contributed by atoms with E-state index in [1.165, 1.54) is 0 Å². The van der Waals surface area contributed by atoms with Crippen LogP contribution in [0.3, 0.4) is 0 Å². The van der Waals surface area contributed by atoms with Gasteiger partial charge >= 0.3 is 0 Å². The molecule has 1 unspecified atom stereocenters. The van der Waals surface area contributed by atoms with Crippen molar-refractivity contribution >= 4 is 17.5 Å². The van der Waals surface area contributed by atoms with Gasteiger partial charge in [0.2, 0.25) is 11.8 Å².